The lowest BCUT2D eigenvalue weighted by Gasteiger charge is -2.06. The number of benzene rings is 1. The van der Waals surface area contributed by atoms with Gasteiger partial charge in [0.1, 0.15) is 0 Å². The SMILES string of the molecule is NCc1ccc(N)c(-c2cccnn2)c1. The van der Waals surface area contributed by atoms with Crippen LogP contribution < -0.4 is 11.5 Å². The van der Waals surface area contributed by atoms with E-state index in [1.165, 1.54) is 0 Å². The highest BCUT2D eigenvalue weighted by atomic mass is 15.1. The molecule has 1 heterocycles. The van der Waals surface area contributed by atoms with Crippen molar-refractivity contribution in [2.45, 2.75) is 6.54 Å². The Morgan fingerprint density at radius 1 is 1.20 bits per heavy atom. The van der Waals surface area contributed by atoms with Gasteiger partial charge in [0.15, 0.2) is 0 Å². The van der Waals surface area contributed by atoms with E-state index >= 15 is 0 Å². The van der Waals surface area contributed by atoms with Crippen molar-refractivity contribution in [1.29, 1.82) is 0 Å². The Balaban J connectivity index is 2.52. The first kappa shape index (κ1) is 9.61. The van der Waals surface area contributed by atoms with Crippen LogP contribution >= 0.6 is 0 Å². The fraction of sp³-hybridized carbons (Fsp3) is 0.0909. The molecule has 0 saturated carbocycles. The average Bonchev–Trinajstić information content (AvgIpc) is 2.31. The third kappa shape index (κ3) is 1.94. The van der Waals surface area contributed by atoms with Crippen LogP contribution in [0.25, 0.3) is 11.3 Å². The monoisotopic (exact) mass is 200 g/mol. The molecule has 2 rings (SSSR count). The number of anilines is 1. The van der Waals surface area contributed by atoms with Gasteiger partial charge in [-0.3, -0.25) is 0 Å². The summed E-state index contributed by atoms with van der Waals surface area (Å²) < 4.78 is 0. The van der Waals surface area contributed by atoms with Gasteiger partial charge in [-0.1, -0.05) is 6.07 Å². The molecule has 1 aromatic heterocycles. The molecule has 0 radical (unpaired) electrons. The lowest BCUT2D eigenvalue weighted by Crippen LogP contribution is -1.99. The van der Waals surface area contributed by atoms with Crippen molar-refractivity contribution in [3.8, 4) is 11.3 Å². The van der Waals surface area contributed by atoms with Crippen molar-refractivity contribution in [2.24, 2.45) is 5.73 Å². The van der Waals surface area contributed by atoms with Crippen LogP contribution in [0.2, 0.25) is 0 Å². The molecule has 0 atom stereocenters. The predicted molar refractivity (Wildman–Crippen MR) is 59.8 cm³/mol. The second-order valence-corrected chi connectivity index (χ2v) is 3.23. The highest BCUT2D eigenvalue weighted by Crippen LogP contribution is 2.24. The number of nitrogens with two attached hydrogens (primary N) is 2. The number of nitrogens with zero attached hydrogens (tertiary/aromatic N) is 2. The highest BCUT2D eigenvalue weighted by Gasteiger charge is 2.04. The van der Waals surface area contributed by atoms with Gasteiger partial charge in [0.2, 0.25) is 0 Å². The fourth-order valence-corrected chi connectivity index (χ4v) is 1.40. The summed E-state index contributed by atoms with van der Waals surface area (Å²) in [5, 5.41) is 7.84. The van der Waals surface area contributed by atoms with E-state index in [-0.39, 0.29) is 0 Å². The van der Waals surface area contributed by atoms with Gasteiger partial charge in [0, 0.05) is 24.0 Å². The van der Waals surface area contributed by atoms with Gasteiger partial charge in [0.05, 0.1) is 5.69 Å². The van der Waals surface area contributed by atoms with Gasteiger partial charge in [-0.25, -0.2) is 0 Å². The zero-order valence-corrected chi connectivity index (χ0v) is 8.22. The second kappa shape index (κ2) is 4.06. The molecule has 4 N–H and O–H groups in total. The standard InChI is InChI=1S/C11H12N4/c12-7-8-3-4-10(13)9(6-8)11-2-1-5-14-15-11/h1-6H,7,12-13H2. The molecule has 0 saturated heterocycles. The Morgan fingerprint density at radius 3 is 2.73 bits per heavy atom. The van der Waals surface area contributed by atoms with Gasteiger partial charge in [-0.2, -0.15) is 10.2 Å². The van der Waals surface area contributed by atoms with E-state index in [1.807, 2.05) is 30.3 Å². The van der Waals surface area contributed by atoms with Gasteiger partial charge in [-0.15, -0.1) is 0 Å². The van der Waals surface area contributed by atoms with Crippen LogP contribution in [0, 0.1) is 0 Å². The summed E-state index contributed by atoms with van der Waals surface area (Å²) in [4.78, 5) is 0. The molecule has 1 aromatic carbocycles. The summed E-state index contributed by atoms with van der Waals surface area (Å²) in [7, 11) is 0. The molecule has 0 aliphatic heterocycles. The Bertz CT molecular complexity index is 453. The van der Waals surface area contributed by atoms with Crippen LogP contribution in [0.5, 0.6) is 0 Å². The van der Waals surface area contributed by atoms with E-state index in [9.17, 15) is 0 Å². The summed E-state index contributed by atoms with van der Waals surface area (Å²) in [6, 6.07) is 9.40. The van der Waals surface area contributed by atoms with E-state index < -0.39 is 0 Å². The van der Waals surface area contributed by atoms with E-state index in [0.29, 0.717) is 12.2 Å². The largest absolute Gasteiger partial charge is 0.398 e. The molecule has 0 aliphatic rings. The van der Waals surface area contributed by atoms with E-state index in [0.717, 1.165) is 16.8 Å². The number of hydrogen-bond donors (Lipinski definition) is 2. The van der Waals surface area contributed by atoms with Crippen LogP contribution in [0.1, 0.15) is 5.56 Å². The van der Waals surface area contributed by atoms with Crippen molar-refractivity contribution in [3.63, 3.8) is 0 Å². The lowest BCUT2D eigenvalue weighted by molar-refractivity contribution is 1.03. The first-order valence-corrected chi connectivity index (χ1v) is 4.68. The molecular formula is C11H12N4. The van der Waals surface area contributed by atoms with Gasteiger partial charge < -0.3 is 11.5 Å². The molecule has 4 nitrogen and oxygen atoms in total. The lowest BCUT2D eigenvalue weighted by atomic mass is 10.1. The Hall–Kier alpha value is -1.94. The predicted octanol–water partition coefficient (Wildman–Crippen LogP) is 1.18. The Morgan fingerprint density at radius 2 is 2.07 bits per heavy atom. The first-order chi connectivity index (χ1) is 7.31. The van der Waals surface area contributed by atoms with E-state index in [1.54, 1.807) is 6.20 Å². The third-order valence-corrected chi connectivity index (χ3v) is 2.20. The van der Waals surface area contributed by atoms with Crippen molar-refractivity contribution in [3.05, 3.63) is 42.1 Å². The van der Waals surface area contributed by atoms with Crippen molar-refractivity contribution in [2.75, 3.05) is 5.73 Å². The first-order valence-electron chi connectivity index (χ1n) is 4.68. The minimum absolute atomic E-state index is 0.494. The topological polar surface area (TPSA) is 77.8 Å². The summed E-state index contributed by atoms with van der Waals surface area (Å²) in [6.45, 7) is 0.494. The number of nitrogen functional groups attached to an aromatic ring is 1. The van der Waals surface area contributed by atoms with Crippen LogP contribution in [0.15, 0.2) is 36.5 Å². The molecule has 15 heavy (non-hydrogen) atoms. The van der Waals surface area contributed by atoms with Gasteiger partial charge in [-0.05, 0) is 29.8 Å². The smallest absolute Gasteiger partial charge is 0.0950 e. The summed E-state index contributed by atoms with van der Waals surface area (Å²) in [5.74, 6) is 0. The normalized spacial score (nSPS) is 10.2. The van der Waals surface area contributed by atoms with Gasteiger partial charge >= 0.3 is 0 Å². The molecule has 0 fully saturated rings. The molecule has 76 valence electrons. The van der Waals surface area contributed by atoms with Crippen molar-refractivity contribution < 1.29 is 0 Å². The summed E-state index contributed by atoms with van der Waals surface area (Å²) >= 11 is 0. The molecule has 4 heteroatoms. The fourth-order valence-electron chi connectivity index (χ4n) is 1.40. The average molecular weight is 200 g/mol. The van der Waals surface area contributed by atoms with Crippen LogP contribution in [-0.2, 0) is 6.54 Å². The molecule has 0 bridgehead atoms. The van der Waals surface area contributed by atoms with Crippen molar-refractivity contribution in [1.82, 2.24) is 10.2 Å². The van der Waals surface area contributed by atoms with Crippen molar-refractivity contribution >= 4 is 5.69 Å². The zero-order chi connectivity index (χ0) is 10.7. The quantitative estimate of drug-likeness (QED) is 0.714. The molecule has 0 spiro atoms. The van der Waals surface area contributed by atoms with Crippen LogP contribution in [-0.4, -0.2) is 10.2 Å². The summed E-state index contributed by atoms with van der Waals surface area (Å²) in [6.07, 6.45) is 1.63. The van der Waals surface area contributed by atoms with Crippen LogP contribution in [0.4, 0.5) is 5.69 Å². The maximum atomic E-state index is 5.87. The zero-order valence-electron chi connectivity index (χ0n) is 8.22. The van der Waals surface area contributed by atoms with Crippen LogP contribution in [0.3, 0.4) is 0 Å². The van der Waals surface area contributed by atoms with Gasteiger partial charge in [0.25, 0.3) is 0 Å². The maximum Gasteiger partial charge on any atom is 0.0950 e. The Kier molecular flexibility index (Phi) is 2.60. The maximum absolute atomic E-state index is 5.87. The number of hydrogen-bond acceptors (Lipinski definition) is 4. The number of aromatic nitrogens is 2. The van der Waals surface area contributed by atoms with E-state index in [4.69, 9.17) is 11.5 Å². The molecular weight excluding hydrogens is 188 g/mol. The minimum atomic E-state index is 0.494. The molecule has 2 aromatic rings. The van der Waals surface area contributed by atoms with E-state index in [2.05, 4.69) is 10.2 Å². The number of rotatable bonds is 2. The molecule has 0 amide bonds. The molecule has 0 unspecified atom stereocenters. The second-order valence-electron chi connectivity index (χ2n) is 3.23. The summed E-state index contributed by atoms with van der Waals surface area (Å²) in [5.41, 5.74) is 14.8. The third-order valence-electron chi connectivity index (χ3n) is 2.20. The molecule has 0 aliphatic carbocycles. The highest BCUT2D eigenvalue weighted by molar-refractivity contribution is 5.73. The minimum Gasteiger partial charge on any atom is -0.398 e. The Labute approximate surface area is 87.9 Å².